The van der Waals surface area contributed by atoms with E-state index in [0.717, 1.165) is 5.56 Å². The predicted octanol–water partition coefficient (Wildman–Crippen LogP) is 4.21. The van der Waals surface area contributed by atoms with Crippen molar-refractivity contribution in [3.8, 4) is 0 Å². The molecule has 1 saturated carbocycles. The van der Waals surface area contributed by atoms with E-state index in [1.807, 2.05) is 30.3 Å². The van der Waals surface area contributed by atoms with Crippen LogP contribution in [0, 0.1) is 18.8 Å². The average molecular weight is 516 g/mol. The Morgan fingerprint density at radius 1 is 1.16 bits per heavy atom. The van der Waals surface area contributed by atoms with E-state index >= 15 is 0 Å². The number of fused-ring (bicyclic) bond motifs is 1. The van der Waals surface area contributed by atoms with Crippen molar-refractivity contribution in [1.29, 1.82) is 0 Å². The Morgan fingerprint density at radius 3 is 2.65 bits per heavy atom. The first-order chi connectivity index (χ1) is 17.5. The summed E-state index contributed by atoms with van der Waals surface area (Å²) >= 11 is 0. The number of alkyl halides is 3. The zero-order valence-electron chi connectivity index (χ0n) is 19.6. The normalized spacial score (nSPS) is 22.5. The molecule has 2 aromatic carbocycles. The number of hydrogen-bond acceptors (Lipinski definition) is 7. The monoisotopic (exact) mass is 516 g/mol. The number of halogens is 3. The van der Waals surface area contributed by atoms with Gasteiger partial charge in [0.05, 0.1) is 11.1 Å². The van der Waals surface area contributed by atoms with Crippen molar-refractivity contribution in [2.24, 2.45) is 11.8 Å². The molecule has 5 rings (SSSR count). The topological polar surface area (TPSA) is 111 Å². The summed E-state index contributed by atoms with van der Waals surface area (Å²) in [6, 6.07) is 13.3. The number of aliphatic hydroxyl groups is 1. The van der Waals surface area contributed by atoms with E-state index in [1.165, 1.54) is 24.5 Å². The molecule has 1 aromatic heterocycles. The quantitative estimate of drug-likeness (QED) is 0.484. The third kappa shape index (κ3) is 4.91. The van der Waals surface area contributed by atoms with Gasteiger partial charge in [-0.05, 0) is 49.4 Å². The molecule has 2 N–H and O–H groups in total. The van der Waals surface area contributed by atoms with E-state index in [-0.39, 0.29) is 11.1 Å². The Kier molecular flexibility index (Phi) is 6.18. The fourth-order valence-electron chi connectivity index (χ4n) is 4.50. The molecule has 1 fully saturated rings. The molecule has 1 aliphatic heterocycles. The van der Waals surface area contributed by atoms with Gasteiger partial charge in [0.15, 0.2) is 0 Å². The summed E-state index contributed by atoms with van der Waals surface area (Å²) in [6.45, 7) is 1.55. The molecule has 0 spiro atoms. The average Bonchev–Trinajstić information content (AvgIpc) is 3.46. The molecule has 194 valence electrons. The van der Waals surface area contributed by atoms with Gasteiger partial charge in [0, 0.05) is 23.4 Å². The van der Waals surface area contributed by atoms with Gasteiger partial charge in [-0.1, -0.05) is 35.5 Å². The van der Waals surface area contributed by atoms with Crippen molar-refractivity contribution >= 4 is 22.4 Å². The van der Waals surface area contributed by atoms with Crippen molar-refractivity contribution in [2.45, 2.75) is 44.3 Å². The van der Waals surface area contributed by atoms with Crippen LogP contribution in [0.25, 0.3) is 10.8 Å². The van der Waals surface area contributed by atoms with Crippen LogP contribution in [0.4, 0.5) is 18.9 Å². The Morgan fingerprint density at radius 2 is 1.92 bits per heavy atom. The number of aromatic nitrogens is 1. The summed E-state index contributed by atoms with van der Waals surface area (Å²) in [5.41, 5.74) is -3.08. The van der Waals surface area contributed by atoms with E-state index in [9.17, 15) is 27.9 Å². The maximum Gasteiger partial charge on any atom is 0.426 e. The Balaban J connectivity index is 1.26. The van der Waals surface area contributed by atoms with Crippen molar-refractivity contribution in [3.05, 3.63) is 82.2 Å². The summed E-state index contributed by atoms with van der Waals surface area (Å²) in [4.78, 5) is 24.6. The summed E-state index contributed by atoms with van der Waals surface area (Å²) in [5.74, 6) is -2.23. The van der Waals surface area contributed by atoms with Gasteiger partial charge < -0.3 is 24.4 Å². The zero-order chi connectivity index (χ0) is 26.4. The lowest BCUT2D eigenvalue weighted by Crippen LogP contribution is -2.55. The lowest BCUT2D eigenvalue weighted by molar-refractivity contribution is -0.252. The molecule has 4 unspecified atom stereocenters. The van der Waals surface area contributed by atoms with Gasteiger partial charge in [0.25, 0.3) is 5.91 Å². The molecule has 11 heteroatoms. The lowest BCUT2D eigenvalue weighted by atomic mass is 9.93. The number of carbonyl (C=O) groups excluding carboxylic acids is 1. The highest BCUT2D eigenvalue weighted by molar-refractivity contribution is 5.99. The maximum atomic E-state index is 14.0. The Hall–Kier alpha value is -3.86. The Labute approximate surface area is 208 Å². The van der Waals surface area contributed by atoms with Crippen LogP contribution in [0.1, 0.15) is 24.1 Å². The molecule has 0 saturated heterocycles. The second-order valence-electron chi connectivity index (χ2n) is 9.33. The van der Waals surface area contributed by atoms with Crippen LogP contribution >= 0.6 is 0 Å². The second kappa shape index (κ2) is 9.22. The molecule has 1 aliphatic carbocycles. The largest absolute Gasteiger partial charge is 0.459 e. The summed E-state index contributed by atoms with van der Waals surface area (Å²) in [6.07, 6.45) is -4.47. The van der Waals surface area contributed by atoms with Crippen LogP contribution in [0.5, 0.6) is 0 Å². The minimum Gasteiger partial charge on any atom is -0.459 e. The van der Waals surface area contributed by atoms with Crippen LogP contribution in [0.2, 0.25) is 0 Å². The predicted molar refractivity (Wildman–Crippen MR) is 125 cm³/mol. The SMILES string of the molecule is Cc1noc(=O)c2ccc(NC(=O)C(O)(CC3CC3C3=COC(Cc4ccccc4)O3)C(F)(F)F)cc12. The van der Waals surface area contributed by atoms with Crippen LogP contribution in [-0.2, 0) is 20.7 Å². The molecule has 37 heavy (non-hydrogen) atoms. The fourth-order valence-corrected chi connectivity index (χ4v) is 4.50. The number of nitrogens with one attached hydrogen (secondary N) is 1. The summed E-state index contributed by atoms with van der Waals surface area (Å²) < 4.78 is 57.9. The minimum atomic E-state index is -5.23. The van der Waals surface area contributed by atoms with Gasteiger partial charge in [0.2, 0.25) is 11.9 Å². The second-order valence-corrected chi connectivity index (χ2v) is 9.33. The van der Waals surface area contributed by atoms with Crippen molar-refractivity contribution in [2.75, 3.05) is 5.32 Å². The number of aryl methyl sites for hydroxylation is 1. The highest BCUT2D eigenvalue weighted by atomic mass is 19.4. The Bertz CT molecular complexity index is 1420. The van der Waals surface area contributed by atoms with Gasteiger partial charge in [-0.2, -0.15) is 13.2 Å². The first-order valence-corrected chi connectivity index (χ1v) is 11.6. The molecule has 2 heterocycles. The van der Waals surface area contributed by atoms with E-state index in [1.54, 1.807) is 6.92 Å². The third-order valence-corrected chi connectivity index (χ3v) is 6.69. The molecule has 1 amide bonds. The first kappa shape index (κ1) is 24.8. The number of hydrogen-bond donors (Lipinski definition) is 2. The number of allylic oxidation sites excluding steroid dienone is 1. The molecular weight excluding hydrogens is 493 g/mol. The molecule has 2 aliphatic rings. The number of rotatable bonds is 7. The van der Waals surface area contributed by atoms with E-state index in [2.05, 4.69) is 15.0 Å². The number of amides is 1. The van der Waals surface area contributed by atoms with Gasteiger partial charge in [0.1, 0.15) is 12.0 Å². The van der Waals surface area contributed by atoms with E-state index in [0.29, 0.717) is 29.7 Å². The van der Waals surface area contributed by atoms with Gasteiger partial charge in [-0.15, -0.1) is 0 Å². The number of nitrogens with zero attached hydrogens (tertiary/aromatic N) is 1. The molecule has 3 aromatic rings. The molecule has 4 atom stereocenters. The van der Waals surface area contributed by atoms with Gasteiger partial charge in [-0.25, -0.2) is 4.79 Å². The van der Waals surface area contributed by atoms with Crippen LogP contribution in [-0.4, -0.2) is 34.2 Å². The molecule has 0 radical (unpaired) electrons. The highest BCUT2D eigenvalue weighted by Gasteiger charge is 2.63. The number of benzene rings is 2. The van der Waals surface area contributed by atoms with Crippen molar-refractivity contribution < 1.29 is 37.1 Å². The van der Waals surface area contributed by atoms with Crippen LogP contribution in [0.15, 0.2) is 69.9 Å². The molecular formula is C26H23F3N2O6. The van der Waals surface area contributed by atoms with Crippen molar-refractivity contribution in [1.82, 2.24) is 5.16 Å². The molecule has 0 bridgehead atoms. The zero-order valence-corrected chi connectivity index (χ0v) is 19.6. The van der Waals surface area contributed by atoms with Gasteiger partial charge in [-0.3, -0.25) is 4.79 Å². The van der Waals surface area contributed by atoms with E-state index in [4.69, 9.17) is 9.47 Å². The lowest BCUT2D eigenvalue weighted by Gasteiger charge is -2.29. The van der Waals surface area contributed by atoms with Gasteiger partial charge >= 0.3 is 11.8 Å². The number of carbonyl (C=O) groups is 1. The number of anilines is 1. The smallest absolute Gasteiger partial charge is 0.426 e. The van der Waals surface area contributed by atoms with E-state index < -0.39 is 47.9 Å². The minimum absolute atomic E-state index is 0.0259. The third-order valence-electron chi connectivity index (χ3n) is 6.69. The first-order valence-electron chi connectivity index (χ1n) is 11.6. The van der Waals surface area contributed by atoms with Crippen LogP contribution < -0.4 is 10.9 Å². The molecule has 8 nitrogen and oxygen atoms in total. The maximum absolute atomic E-state index is 14.0. The standard InChI is InChI=1S/C26H23F3N2O6/c1-14-19-11-17(7-8-18(19)23(32)37-31-14)30-24(33)25(34,26(27,28)29)12-16-10-20(16)21-13-35-22(36-21)9-15-5-3-2-4-6-15/h2-8,11,13,16,20,22,34H,9-10,12H2,1H3,(H,30,33). The van der Waals surface area contributed by atoms with Crippen LogP contribution in [0.3, 0.4) is 0 Å². The highest BCUT2D eigenvalue weighted by Crippen LogP contribution is 2.52. The van der Waals surface area contributed by atoms with Crippen molar-refractivity contribution in [3.63, 3.8) is 0 Å². The summed E-state index contributed by atoms with van der Waals surface area (Å²) in [7, 11) is 0. The fraction of sp³-hybridized carbons (Fsp3) is 0.346. The summed E-state index contributed by atoms with van der Waals surface area (Å²) in [5, 5.41) is 16.8. The number of ether oxygens (including phenoxy) is 2.